The summed E-state index contributed by atoms with van der Waals surface area (Å²) in [4.78, 5) is 14.2. The number of morpholine rings is 1. The third-order valence-electron chi connectivity index (χ3n) is 4.01. The molecule has 6 nitrogen and oxygen atoms in total. The van der Waals surface area contributed by atoms with Crippen molar-refractivity contribution in [1.82, 2.24) is 15.5 Å². The Bertz CT molecular complexity index is 490. The van der Waals surface area contributed by atoms with Gasteiger partial charge in [-0.3, -0.25) is 4.90 Å². The normalized spacial score (nSPS) is 15.2. The Kier molecular flexibility index (Phi) is 8.59. The molecule has 1 aliphatic heterocycles. The number of carbonyl (C=O) groups is 1. The van der Waals surface area contributed by atoms with E-state index in [0.717, 1.165) is 44.8 Å². The maximum atomic E-state index is 11.9. The van der Waals surface area contributed by atoms with Crippen molar-refractivity contribution < 1.29 is 14.3 Å². The fourth-order valence-corrected chi connectivity index (χ4v) is 2.64. The first-order chi connectivity index (χ1) is 11.8. The molecule has 1 fully saturated rings. The highest BCUT2D eigenvalue weighted by Crippen LogP contribution is 2.12. The van der Waals surface area contributed by atoms with Crippen molar-refractivity contribution in [3.8, 4) is 0 Å². The maximum Gasteiger partial charge on any atom is 0.315 e. The lowest BCUT2D eigenvalue weighted by molar-refractivity contribution is 0.0341. The summed E-state index contributed by atoms with van der Waals surface area (Å²) >= 11 is 0. The maximum absolute atomic E-state index is 11.9. The fraction of sp³-hybridized carbons (Fsp3) is 0.611. The van der Waals surface area contributed by atoms with Gasteiger partial charge in [0.25, 0.3) is 0 Å². The van der Waals surface area contributed by atoms with Crippen LogP contribution in [0.25, 0.3) is 0 Å². The number of rotatable bonds is 9. The Morgan fingerprint density at radius 3 is 2.71 bits per heavy atom. The van der Waals surface area contributed by atoms with E-state index in [9.17, 15) is 4.79 Å². The Labute approximate surface area is 144 Å². The highest BCUT2D eigenvalue weighted by molar-refractivity contribution is 5.73. The number of amides is 2. The molecule has 2 rings (SSSR count). The number of benzene rings is 1. The van der Waals surface area contributed by atoms with Crippen LogP contribution in [0.4, 0.5) is 4.79 Å². The number of urea groups is 1. The molecule has 1 aromatic carbocycles. The Morgan fingerprint density at radius 2 is 1.96 bits per heavy atom. The van der Waals surface area contributed by atoms with Crippen molar-refractivity contribution in [3.05, 3.63) is 35.4 Å². The molecule has 0 atom stereocenters. The molecule has 0 saturated carbocycles. The quantitative estimate of drug-likeness (QED) is 0.675. The van der Waals surface area contributed by atoms with Gasteiger partial charge in [-0.2, -0.15) is 0 Å². The van der Waals surface area contributed by atoms with Gasteiger partial charge in [-0.15, -0.1) is 0 Å². The summed E-state index contributed by atoms with van der Waals surface area (Å²) in [5, 5.41) is 5.79. The van der Waals surface area contributed by atoms with Crippen LogP contribution in [0.3, 0.4) is 0 Å². The second-order valence-electron chi connectivity index (χ2n) is 5.82. The van der Waals surface area contributed by atoms with Gasteiger partial charge in [0.15, 0.2) is 0 Å². The number of hydrogen-bond donors (Lipinski definition) is 2. The van der Waals surface area contributed by atoms with Crippen LogP contribution < -0.4 is 10.6 Å². The third kappa shape index (κ3) is 6.86. The lowest BCUT2D eigenvalue weighted by Crippen LogP contribution is -2.37. The summed E-state index contributed by atoms with van der Waals surface area (Å²) in [6.07, 6.45) is 0.828. The molecule has 0 bridgehead atoms. The number of nitrogens with one attached hydrogen (secondary N) is 2. The largest absolute Gasteiger partial charge is 0.382 e. The number of ether oxygens (including phenoxy) is 2. The van der Waals surface area contributed by atoms with E-state index in [1.54, 1.807) is 0 Å². The summed E-state index contributed by atoms with van der Waals surface area (Å²) in [7, 11) is 0. The monoisotopic (exact) mass is 335 g/mol. The average Bonchev–Trinajstić information content (AvgIpc) is 2.62. The van der Waals surface area contributed by atoms with E-state index in [2.05, 4.69) is 27.7 Å². The highest BCUT2D eigenvalue weighted by atomic mass is 16.5. The SMILES string of the molecule is CCOCCCNC(=O)NCc1ccccc1CN1CCOCC1. The number of hydrogen-bond acceptors (Lipinski definition) is 4. The predicted molar refractivity (Wildman–Crippen MR) is 93.9 cm³/mol. The van der Waals surface area contributed by atoms with Crippen LogP contribution in [0.5, 0.6) is 0 Å². The summed E-state index contributed by atoms with van der Waals surface area (Å²) in [5.74, 6) is 0. The van der Waals surface area contributed by atoms with Gasteiger partial charge < -0.3 is 20.1 Å². The first-order valence-electron chi connectivity index (χ1n) is 8.76. The van der Waals surface area contributed by atoms with Crippen molar-refractivity contribution in [1.29, 1.82) is 0 Å². The summed E-state index contributed by atoms with van der Waals surface area (Å²) in [6.45, 7) is 8.94. The molecule has 0 aromatic heterocycles. The minimum absolute atomic E-state index is 0.132. The molecule has 0 radical (unpaired) electrons. The molecule has 6 heteroatoms. The topological polar surface area (TPSA) is 62.8 Å². The fourth-order valence-electron chi connectivity index (χ4n) is 2.64. The van der Waals surface area contributed by atoms with Crippen molar-refractivity contribution in [3.63, 3.8) is 0 Å². The summed E-state index contributed by atoms with van der Waals surface area (Å²) < 4.78 is 10.6. The average molecular weight is 335 g/mol. The Hall–Kier alpha value is -1.63. The van der Waals surface area contributed by atoms with Crippen molar-refractivity contribution in [2.75, 3.05) is 46.1 Å². The number of nitrogens with zero attached hydrogens (tertiary/aromatic N) is 1. The Balaban J connectivity index is 1.74. The second-order valence-corrected chi connectivity index (χ2v) is 5.82. The van der Waals surface area contributed by atoms with E-state index in [1.165, 1.54) is 5.56 Å². The molecule has 24 heavy (non-hydrogen) atoms. The third-order valence-corrected chi connectivity index (χ3v) is 4.01. The molecule has 0 unspecified atom stereocenters. The molecular formula is C18H29N3O3. The van der Waals surface area contributed by atoms with E-state index in [1.807, 2.05) is 19.1 Å². The van der Waals surface area contributed by atoms with Crippen LogP contribution in [-0.4, -0.2) is 57.0 Å². The van der Waals surface area contributed by atoms with Crippen LogP contribution in [0.2, 0.25) is 0 Å². The van der Waals surface area contributed by atoms with Crippen LogP contribution >= 0.6 is 0 Å². The van der Waals surface area contributed by atoms with E-state index < -0.39 is 0 Å². The van der Waals surface area contributed by atoms with E-state index in [-0.39, 0.29) is 6.03 Å². The highest BCUT2D eigenvalue weighted by Gasteiger charge is 2.12. The molecule has 2 amide bonds. The lowest BCUT2D eigenvalue weighted by atomic mass is 10.1. The minimum atomic E-state index is -0.132. The minimum Gasteiger partial charge on any atom is -0.382 e. The van der Waals surface area contributed by atoms with Crippen LogP contribution in [0.15, 0.2) is 24.3 Å². The summed E-state index contributed by atoms with van der Waals surface area (Å²) in [5.41, 5.74) is 2.42. The van der Waals surface area contributed by atoms with Crippen LogP contribution in [0.1, 0.15) is 24.5 Å². The molecule has 134 valence electrons. The number of carbonyl (C=O) groups excluding carboxylic acids is 1. The van der Waals surface area contributed by atoms with Crippen LogP contribution in [0, 0.1) is 0 Å². The van der Waals surface area contributed by atoms with Gasteiger partial charge >= 0.3 is 6.03 Å². The predicted octanol–water partition coefficient (Wildman–Crippen LogP) is 1.74. The molecule has 1 heterocycles. The van der Waals surface area contributed by atoms with Crippen molar-refractivity contribution >= 4 is 6.03 Å². The Morgan fingerprint density at radius 1 is 1.21 bits per heavy atom. The molecule has 0 spiro atoms. The van der Waals surface area contributed by atoms with Gasteiger partial charge in [-0.25, -0.2) is 4.79 Å². The summed E-state index contributed by atoms with van der Waals surface area (Å²) in [6, 6.07) is 8.14. The van der Waals surface area contributed by atoms with E-state index in [4.69, 9.17) is 9.47 Å². The van der Waals surface area contributed by atoms with E-state index >= 15 is 0 Å². The lowest BCUT2D eigenvalue weighted by Gasteiger charge is -2.27. The van der Waals surface area contributed by atoms with Gasteiger partial charge in [0, 0.05) is 45.9 Å². The zero-order valence-electron chi connectivity index (χ0n) is 14.6. The zero-order valence-corrected chi connectivity index (χ0v) is 14.6. The standard InChI is InChI=1S/C18H29N3O3/c1-2-23-11-5-8-19-18(22)20-14-16-6-3-4-7-17(16)15-21-9-12-24-13-10-21/h3-4,6-7H,2,5,8-15H2,1H3,(H2,19,20,22). The van der Waals surface area contributed by atoms with Crippen molar-refractivity contribution in [2.24, 2.45) is 0 Å². The molecule has 1 aromatic rings. The molecule has 1 saturated heterocycles. The van der Waals surface area contributed by atoms with Gasteiger partial charge in [0.1, 0.15) is 0 Å². The first kappa shape index (κ1) is 18.7. The first-order valence-corrected chi connectivity index (χ1v) is 8.76. The second kappa shape index (κ2) is 11.0. The smallest absolute Gasteiger partial charge is 0.315 e. The van der Waals surface area contributed by atoms with Gasteiger partial charge in [-0.05, 0) is 24.5 Å². The van der Waals surface area contributed by atoms with Crippen molar-refractivity contribution in [2.45, 2.75) is 26.4 Å². The molecule has 0 aliphatic carbocycles. The van der Waals surface area contributed by atoms with Gasteiger partial charge in [0.05, 0.1) is 13.2 Å². The molecule has 1 aliphatic rings. The van der Waals surface area contributed by atoms with Gasteiger partial charge in [-0.1, -0.05) is 24.3 Å². The zero-order chi connectivity index (χ0) is 17.0. The van der Waals surface area contributed by atoms with E-state index in [0.29, 0.717) is 26.3 Å². The van der Waals surface area contributed by atoms with Gasteiger partial charge in [0.2, 0.25) is 0 Å². The molecular weight excluding hydrogens is 306 g/mol. The molecule has 2 N–H and O–H groups in total. The van der Waals surface area contributed by atoms with Crippen LogP contribution in [-0.2, 0) is 22.6 Å².